The van der Waals surface area contributed by atoms with Gasteiger partial charge in [0.1, 0.15) is 5.65 Å². The third kappa shape index (κ3) is 1.99. The number of furan rings is 1. The Hall–Kier alpha value is -2.56. The molecule has 0 fully saturated rings. The minimum atomic E-state index is -0.115. The molecule has 0 radical (unpaired) electrons. The highest BCUT2D eigenvalue weighted by atomic mass is 16.3. The van der Waals surface area contributed by atoms with Gasteiger partial charge in [0, 0.05) is 35.5 Å². The van der Waals surface area contributed by atoms with Gasteiger partial charge in [-0.3, -0.25) is 4.79 Å². The fourth-order valence-electron chi connectivity index (χ4n) is 2.05. The number of nitrogens with one attached hydrogen (secondary N) is 2. The molecule has 19 heavy (non-hydrogen) atoms. The summed E-state index contributed by atoms with van der Waals surface area (Å²) in [6.45, 7) is 2.48. The lowest BCUT2D eigenvalue weighted by molar-refractivity contribution is 0.0955. The Morgan fingerprint density at radius 3 is 3.16 bits per heavy atom. The maximum Gasteiger partial charge on any atom is 0.252 e. The summed E-state index contributed by atoms with van der Waals surface area (Å²) in [4.78, 5) is 19.2. The van der Waals surface area contributed by atoms with Gasteiger partial charge in [-0.25, -0.2) is 4.98 Å². The third-order valence-electron chi connectivity index (χ3n) is 2.96. The Balaban J connectivity index is 2.11. The fraction of sp³-hybridized carbons (Fsp3) is 0.143. The van der Waals surface area contributed by atoms with E-state index in [4.69, 9.17) is 4.42 Å². The van der Waals surface area contributed by atoms with Gasteiger partial charge < -0.3 is 14.7 Å². The van der Waals surface area contributed by atoms with Gasteiger partial charge in [-0.05, 0) is 19.1 Å². The van der Waals surface area contributed by atoms with E-state index in [2.05, 4.69) is 15.3 Å². The second-order valence-electron chi connectivity index (χ2n) is 4.19. The van der Waals surface area contributed by atoms with E-state index in [9.17, 15) is 4.79 Å². The molecule has 3 aromatic rings. The summed E-state index contributed by atoms with van der Waals surface area (Å²) in [6.07, 6.45) is 6.73. The van der Waals surface area contributed by atoms with Crippen LogP contribution in [-0.2, 0) is 0 Å². The van der Waals surface area contributed by atoms with Crippen LogP contribution in [0.1, 0.15) is 17.3 Å². The van der Waals surface area contributed by atoms with Gasteiger partial charge in [0.2, 0.25) is 0 Å². The lowest BCUT2D eigenvalue weighted by Crippen LogP contribution is -2.22. The molecule has 5 nitrogen and oxygen atoms in total. The van der Waals surface area contributed by atoms with Gasteiger partial charge in [-0.1, -0.05) is 0 Å². The molecule has 0 aliphatic carbocycles. The number of aromatic amines is 1. The monoisotopic (exact) mass is 255 g/mol. The number of H-pyrrole nitrogens is 1. The first kappa shape index (κ1) is 11.5. The molecule has 0 aliphatic heterocycles. The number of rotatable bonds is 3. The van der Waals surface area contributed by atoms with E-state index < -0.39 is 0 Å². The van der Waals surface area contributed by atoms with Crippen molar-refractivity contribution in [2.75, 3.05) is 6.54 Å². The zero-order valence-electron chi connectivity index (χ0n) is 10.4. The number of carbonyl (C=O) groups excluding carboxylic acids is 1. The van der Waals surface area contributed by atoms with Crippen molar-refractivity contribution < 1.29 is 9.21 Å². The number of amides is 1. The zero-order chi connectivity index (χ0) is 13.2. The molecule has 0 unspecified atom stereocenters. The Labute approximate surface area is 109 Å². The topological polar surface area (TPSA) is 70.9 Å². The summed E-state index contributed by atoms with van der Waals surface area (Å²) >= 11 is 0. The van der Waals surface area contributed by atoms with Gasteiger partial charge >= 0.3 is 0 Å². The zero-order valence-corrected chi connectivity index (χ0v) is 10.4. The number of hydrogen-bond acceptors (Lipinski definition) is 3. The maximum absolute atomic E-state index is 11.8. The van der Waals surface area contributed by atoms with Crippen LogP contribution in [0.2, 0.25) is 0 Å². The molecule has 0 saturated heterocycles. The Morgan fingerprint density at radius 2 is 2.42 bits per heavy atom. The first-order valence-electron chi connectivity index (χ1n) is 6.07. The van der Waals surface area contributed by atoms with Gasteiger partial charge in [0.15, 0.2) is 0 Å². The van der Waals surface area contributed by atoms with Gasteiger partial charge in [0.25, 0.3) is 5.91 Å². The molecule has 0 bridgehead atoms. The van der Waals surface area contributed by atoms with E-state index in [0.717, 1.165) is 22.2 Å². The summed E-state index contributed by atoms with van der Waals surface area (Å²) in [7, 11) is 0. The molecule has 0 saturated carbocycles. The fourth-order valence-corrected chi connectivity index (χ4v) is 2.05. The van der Waals surface area contributed by atoms with Crippen LogP contribution in [0.15, 0.2) is 41.5 Å². The van der Waals surface area contributed by atoms with Crippen molar-refractivity contribution >= 4 is 16.9 Å². The number of hydrogen-bond donors (Lipinski definition) is 2. The average Bonchev–Trinajstić information content (AvgIpc) is 3.06. The first-order chi connectivity index (χ1) is 9.29. The standard InChI is InChI=1S/C14H13N3O2/c1-2-15-14(18)10-5-11-12(9-3-4-19-8-9)7-17-13(11)16-6-10/h3-8H,2H2,1H3,(H,15,18)(H,16,17). The van der Waals surface area contributed by atoms with Crippen molar-refractivity contribution in [1.29, 1.82) is 0 Å². The van der Waals surface area contributed by atoms with Crippen molar-refractivity contribution in [3.8, 4) is 11.1 Å². The molecule has 96 valence electrons. The molecule has 3 heterocycles. The molecule has 0 aromatic carbocycles. The number of nitrogens with zero attached hydrogens (tertiary/aromatic N) is 1. The molecule has 1 amide bonds. The average molecular weight is 255 g/mol. The lowest BCUT2D eigenvalue weighted by Gasteiger charge is -2.02. The molecular formula is C14H13N3O2. The van der Waals surface area contributed by atoms with Crippen molar-refractivity contribution in [3.63, 3.8) is 0 Å². The summed E-state index contributed by atoms with van der Waals surface area (Å²) in [6, 6.07) is 3.72. The predicted molar refractivity (Wildman–Crippen MR) is 71.8 cm³/mol. The summed E-state index contributed by atoms with van der Waals surface area (Å²) in [5, 5.41) is 3.67. The van der Waals surface area contributed by atoms with Crippen LogP contribution < -0.4 is 5.32 Å². The summed E-state index contributed by atoms with van der Waals surface area (Å²) in [5.74, 6) is -0.115. The van der Waals surface area contributed by atoms with E-state index in [1.807, 2.05) is 25.3 Å². The number of aromatic nitrogens is 2. The van der Waals surface area contributed by atoms with E-state index in [1.165, 1.54) is 0 Å². The largest absolute Gasteiger partial charge is 0.472 e. The number of pyridine rings is 1. The van der Waals surface area contributed by atoms with Gasteiger partial charge in [-0.15, -0.1) is 0 Å². The third-order valence-corrected chi connectivity index (χ3v) is 2.96. The van der Waals surface area contributed by atoms with Crippen LogP contribution in [0, 0.1) is 0 Å². The normalized spacial score (nSPS) is 10.8. The molecular weight excluding hydrogens is 242 g/mol. The van der Waals surface area contributed by atoms with Gasteiger partial charge in [-0.2, -0.15) is 0 Å². The second kappa shape index (κ2) is 4.61. The Kier molecular flexibility index (Phi) is 2.79. The van der Waals surface area contributed by atoms with Crippen molar-refractivity contribution in [1.82, 2.24) is 15.3 Å². The van der Waals surface area contributed by atoms with Crippen LogP contribution in [-0.4, -0.2) is 22.4 Å². The molecule has 0 aliphatic rings. The molecule has 3 aromatic heterocycles. The maximum atomic E-state index is 11.8. The summed E-state index contributed by atoms with van der Waals surface area (Å²) < 4.78 is 5.09. The molecule has 0 spiro atoms. The lowest BCUT2D eigenvalue weighted by atomic mass is 10.1. The Morgan fingerprint density at radius 1 is 1.53 bits per heavy atom. The van der Waals surface area contributed by atoms with Crippen LogP contribution >= 0.6 is 0 Å². The van der Waals surface area contributed by atoms with E-state index in [-0.39, 0.29) is 5.91 Å². The van der Waals surface area contributed by atoms with Crippen molar-refractivity contribution in [2.24, 2.45) is 0 Å². The predicted octanol–water partition coefficient (Wildman–Crippen LogP) is 2.57. The van der Waals surface area contributed by atoms with Crippen LogP contribution in [0.4, 0.5) is 0 Å². The van der Waals surface area contributed by atoms with E-state index in [0.29, 0.717) is 12.1 Å². The second-order valence-corrected chi connectivity index (χ2v) is 4.19. The first-order valence-corrected chi connectivity index (χ1v) is 6.07. The molecule has 5 heteroatoms. The van der Waals surface area contributed by atoms with Crippen LogP contribution in [0.25, 0.3) is 22.2 Å². The molecule has 2 N–H and O–H groups in total. The highest BCUT2D eigenvalue weighted by molar-refractivity contribution is 6.00. The number of carbonyl (C=O) groups is 1. The van der Waals surface area contributed by atoms with Crippen LogP contribution in [0.3, 0.4) is 0 Å². The minimum absolute atomic E-state index is 0.115. The van der Waals surface area contributed by atoms with E-state index >= 15 is 0 Å². The van der Waals surface area contributed by atoms with Crippen molar-refractivity contribution in [2.45, 2.75) is 6.92 Å². The van der Waals surface area contributed by atoms with Crippen LogP contribution in [0.5, 0.6) is 0 Å². The highest BCUT2D eigenvalue weighted by Gasteiger charge is 2.11. The number of fused-ring (bicyclic) bond motifs is 1. The molecule has 3 rings (SSSR count). The quantitative estimate of drug-likeness (QED) is 0.755. The Bertz CT molecular complexity index is 713. The minimum Gasteiger partial charge on any atom is -0.472 e. The van der Waals surface area contributed by atoms with Gasteiger partial charge in [0.05, 0.1) is 18.1 Å². The van der Waals surface area contributed by atoms with E-state index in [1.54, 1.807) is 18.7 Å². The highest BCUT2D eigenvalue weighted by Crippen LogP contribution is 2.28. The molecule has 0 atom stereocenters. The summed E-state index contributed by atoms with van der Waals surface area (Å²) in [5.41, 5.74) is 3.24. The van der Waals surface area contributed by atoms with Crippen molar-refractivity contribution in [3.05, 3.63) is 42.6 Å². The SMILES string of the molecule is CCNC(=O)c1cnc2[nH]cc(-c3ccoc3)c2c1. The smallest absolute Gasteiger partial charge is 0.252 e.